The van der Waals surface area contributed by atoms with Crippen molar-refractivity contribution in [1.82, 2.24) is 10.2 Å². The minimum atomic E-state index is -0.563. The Kier molecular flexibility index (Phi) is 9.92. The zero-order valence-corrected chi connectivity index (χ0v) is 20.6. The van der Waals surface area contributed by atoms with Crippen LogP contribution in [0, 0.1) is 19.8 Å². The van der Waals surface area contributed by atoms with Gasteiger partial charge in [-0.3, -0.25) is 9.59 Å². The highest BCUT2D eigenvalue weighted by atomic mass is 35.5. The Hall–Kier alpha value is -1.98. The standard InChI is InChI=1S/C25H33ClN2O2S/c1-17(2)13-27-25(30)20(5)28(14-21-7-6-8-23(26)12-21)24(29)16-31-15-22-10-18(3)9-19(4)11-22/h6-12,17,20H,13-16H2,1-5H3,(H,27,30)/t20-/m0/s1. The van der Waals surface area contributed by atoms with E-state index in [2.05, 4.69) is 37.4 Å². The van der Waals surface area contributed by atoms with Gasteiger partial charge < -0.3 is 10.2 Å². The minimum absolute atomic E-state index is 0.0541. The topological polar surface area (TPSA) is 49.4 Å². The van der Waals surface area contributed by atoms with Crippen LogP contribution < -0.4 is 5.32 Å². The van der Waals surface area contributed by atoms with Crippen LogP contribution >= 0.6 is 23.4 Å². The normalized spacial score (nSPS) is 12.0. The summed E-state index contributed by atoms with van der Waals surface area (Å²) in [5.74, 6) is 1.23. The molecule has 0 saturated carbocycles. The van der Waals surface area contributed by atoms with Gasteiger partial charge in [-0.15, -0.1) is 11.8 Å². The highest BCUT2D eigenvalue weighted by Gasteiger charge is 2.26. The van der Waals surface area contributed by atoms with Crippen molar-refractivity contribution >= 4 is 35.2 Å². The third-order valence-corrected chi connectivity index (χ3v) is 6.09. The molecule has 0 spiro atoms. The van der Waals surface area contributed by atoms with E-state index < -0.39 is 6.04 Å². The second-order valence-electron chi connectivity index (χ2n) is 8.46. The van der Waals surface area contributed by atoms with Crippen molar-refractivity contribution < 1.29 is 9.59 Å². The first kappa shape index (κ1) is 25.3. The van der Waals surface area contributed by atoms with E-state index in [-0.39, 0.29) is 11.8 Å². The van der Waals surface area contributed by atoms with Gasteiger partial charge in [-0.25, -0.2) is 0 Å². The number of rotatable bonds is 10. The Morgan fingerprint density at radius 3 is 2.32 bits per heavy atom. The number of carbonyl (C=O) groups excluding carboxylic acids is 2. The van der Waals surface area contributed by atoms with E-state index in [0.29, 0.717) is 29.8 Å². The summed E-state index contributed by atoms with van der Waals surface area (Å²) >= 11 is 7.70. The number of thioether (sulfide) groups is 1. The predicted octanol–water partition coefficient (Wildman–Crippen LogP) is 5.38. The second kappa shape index (κ2) is 12.2. The van der Waals surface area contributed by atoms with Crippen LogP contribution in [0.15, 0.2) is 42.5 Å². The Morgan fingerprint density at radius 2 is 1.71 bits per heavy atom. The molecule has 31 heavy (non-hydrogen) atoms. The number of benzene rings is 2. The molecule has 0 aliphatic rings. The molecule has 0 bridgehead atoms. The lowest BCUT2D eigenvalue weighted by atomic mass is 10.1. The van der Waals surface area contributed by atoms with Crippen LogP contribution in [0.2, 0.25) is 5.02 Å². The molecule has 2 aromatic rings. The third-order valence-electron chi connectivity index (χ3n) is 4.87. The summed E-state index contributed by atoms with van der Waals surface area (Å²) in [7, 11) is 0. The fraction of sp³-hybridized carbons (Fsp3) is 0.440. The SMILES string of the molecule is Cc1cc(C)cc(CSCC(=O)N(Cc2cccc(Cl)c2)[C@@H](C)C(=O)NCC(C)C)c1. The monoisotopic (exact) mass is 460 g/mol. The number of hydrogen-bond donors (Lipinski definition) is 1. The molecule has 2 rings (SSSR count). The lowest BCUT2D eigenvalue weighted by Crippen LogP contribution is -2.48. The van der Waals surface area contributed by atoms with Gasteiger partial charge in [-0.2, -0.15) is 0 Å². The van der Waals surface area contributed by atoms with Gasteiger partial charge in [0.2, 0.25) is 11.8 Å². The maximum atomic E-state index is 13.1. The van der Waals surface area contributed by atoms with Crippen molar-refractivity contribution in [3.05, 3.63) is 69.7 Å². The number of hydrogen-bond acceptors (Lipinski definition) is 3. The Balaban J connectivity index is 2.08. The van der Waals surface area contributed by atoms with Crippen molar-refractivity contribution in [2.75, 3.05) is 12.3 Å². The molecular weight excluding hydrogens is 428 g/mol. The lowest BCUT2D eigenvalue weighted by Gasteiger charge is -2.29. The molecular formula is C25H33ClN2O2S. The van der Waals surface area contributed by atoms with Gasteiger partial charge in [-0.05, 0) is 49.9 Å². The molecule has 0 radical (unpaired) electrons. The number of halogens is 1. The summed E-state index contributed by atoms with van der Waals surface area (Å²) in [5.41, 5.74) is 4.56. The Labute approximate surface area is 195 Å². The van der Waals surface area contributed by atoms with E-state index in [9.17, 15) is 9.59 Å². The highest BCUT2D eigenvalue weighted by Crippen LogP contribution is 2.19. The van der Waals surface area contributed by atoms with Crippen LogP contribution in [0.4, 0.5) is 0 Å². The molecule has 0 saturated heterocycles. The molecule has 0 aliphatic heterocycles. The van der Waals surface area contributed by atoms with Crippen LogP contribution in [0.25, 0.3) is 0 Å². The number of nitrogens with zero attached hydrogens (tertiary/aromatic N) is 1. The van der Waals surface area contributed by atoms with Crippen molar-refractivity contribution in [3.8, 4) is 0 Å². The van der Waals surface area contributed by atoms with E-state index in [1.54, 1.807) is 29.7 Å². The summed E-state index contributed by atoms with van der Waals surface area (Å²) in [4.78, 5) is 27.5. The van der Waals surface area contributed by atoms with Gasteiger partial charge in [-0.1, -0.05) is 66.9 Å². The number of carbonyl (C=O) groups is 2. The molecule has 0 unspecified atom stereocenters. The first-order valence-corrected chi connectivity index (χ1v) is 12.2. The molecule has 0 fully saturated rings. The molecule has 0 aromatic heterocycles. The van der Waals surface area contributed by atoms with Crippen LogP contribution in [-0.4, -0.2) is 35.1 Å². The first-order valence-electron chi connectivity index (χ1n) is 10.6. The molecule has 2 amide bonds. The van der Waals surface area contributed by atoms with Gasteiger partial charge in [0.05, 0.1) is 5.75 Å². The summed E-state index contributed by atoms with van der Waals surface area (Å²) in [6, 6.07) is 13.3. The number of aryl methyl sites for hydroxylation is 2. The molecule has 4 nitrogen and oxygen atoms in total. The molecule has 168 valence electrons. The summed E-state index contributed by atoms with van der Waals surface area (Å²) in [6.45, 7) is 11.0. The maximum Gasteiger partial charge on any atom is 0.242 e. The zero-order valence-electron chi connectivity index (χ0n) is 19.1. The number of nitrogens with one attached hydrogen (secondary N) is 1. The zero-order chi connectivity index (χ0) is 23.0. The summed E-state index contributed by atoms with van der Waals surface area (Å²) < 4.78 is 0. The Morgan fingerprint density at radius 1 is 1.03 bits per heavy atom. The third kappa shape index (κ3) is 8.58. The first-order chi connectivity index (χ1) is 14.7. The van der Waals surface area contributed by atoms with Crippen LogP contribution in [-0.2, 0) is 21.9 Å². The van der Waals surface area contributed by atoms with E-state index in [0.717, 1.165) is 11.3 Å². The van der Waals surface area contributed by atoms with Gasteiger partial charge in [0.15, 0.2) is 0 Å². The molecule has 0 heterocycles. The second-order valence-corrected chi connectivity index (χ2v) is 9.88. The summed E-state index contributed by atoms with van der Waals surface area (Å²) in [5, 5.41) is 3.56. The van der Waals surface area contributed by atoms with Crippen molar-refractivity contribution in [2.24, 2.45) is 5.92 Å². The van der Waals surface area contributed by atoms with E-state index in [1.165, 1.54) is 16.7 Å². The molecule has 1 atom stereocenters. The average Bonchev–Trinajstić information content (AvgIpc) is 2.69. The summed E-state index contributed by atoms with van der Waals surface area (Å²) in [6.07, 6.45) is 0. The van der Waals surface area contributed by atoms with Crippen molar-refractivity contribution in [1.29, 1.82) is 0 Å². The fourth-order valence-corrected chi connectivity index (χ4v) is 4.42. The van der Waals surface area contributed by atoms with E-state index in [4.69, 9.17) is 11.6 Å². The van der Waals surface area contributed by atoms with Gasteiger partial charge in [0.25, 0.3) is 0 Å². The van der Waals surface area contributed by atoms with Gasteiger partial charge in [0, 0.05) is 23.9 Å². The smallest absolute Gasteiger partial charge is 0.242 e. The van der Waals surface area contributed by atoms with Crippen molar-refractivity contribution in [2.45, 2.75) is 53.0 Å². The molecule has 0 aliphatic carbocycles. The van der Waals surface area contributed by atoms with Gasteiger partial charge >= 0.3 is 0 Å². The maximum absolute atomic E-state index is 13.1. The largest absolute Gasteiger partial charge is 0.354 e. The fourth-order valence-electron chi connectivity index (χ4n) is 3.36. The van der Waals surface area contributed by atoms with Crippen LogP contribution in [0.5, 0.6) is 0 Å². The lowest BCUT2D eigenvalue weighted by molar-refractivity contribution is -0.138. The minimum Gasteiger partial charge on any atom is -0.354 e. The van der Waals surface area contributed by atoms with Crippen LogP contribution in [0.1, 0.15) is 43.0 Å². The van der Waals surface area contributed by atoms with E-state index >= 15 is 0 Å². The van der Waals surface area contributed by atoms with Crippen LogP contribution in [0.3, 0.4) is 0 Å². The molecule has 6 heteroatoms. The molecule has 1 N–H and O–H groups in total. The molecule has 2 aromatic carbocycles. The average molecular weight is 461 g/mol. The van der Waals surface area contributed by atoms with E-state index in [1.807, 2.05) is 32.0 Å². The number of amides is 2. The van der Waals surface area contributed by atoms with Gasteiger partial charge in [0.1, 0.15) is 6.04 Å². The predicted molar refractivity (Wildman–Crippen MR) is 131 cm³/mol. The quantitative estimate of drug-likeness (QED) is 0.517. The highest BCUT2D eigenvalue weighted by molar-refractivity contribution is 7.99. The Bertz CT molecular complexity index is 881. The van der Waals surface area contributed by atoms with Crippen molar-refractivity contribution in [3.63, 3.8) is 0 Å².